The number of benzene rings is 1. The molecule has 0 saturated heterocycles. The number of ether oxygens (including phenoxy) is 2. The molecule has 0 atom stereocenters. The zero-order valence-electron chi connectivity index (χ0n) is 12.6. The van der Waals surface area contributed by atoms with E-state index in [-0.39, 0.29) is 0 Å². The summed E-state index contributed by atoms with van der Waals surface area (Å²) in [6.45, 7) is 5.97. The summed E-state index contributed by atoms with van der Waals surface area (Å²) in [5.41, 5.74) is 3.46. The lowest BCUT2D eigenvalue weighted by atomic mass is 10.1. The Morgan fingerprint density at radius 3 is 2.50 bits per heavy atom. The van der Waals surface area contributed by atoms with Gasteiger partial charge in [-0.05, 0) is 37.6 Å². The maximum absolute atomic E-state index is 5.34. The third-order valence-corrected chi connectivity index (χ3v) is 3.45. The predicted molar refractivity (Wildman–Crippen MR) is 81.7 cm³/mol. The lowest BCUT2D eigenvalue weighted by Crippen LogP contribution is -2.07. The van der Waals surface area contributed by atoms with Crippen LogP contribution in [0.5, 0.6) is 11.5 Å². The number of hydrogen-bond donors (Lipinski definition) is 1. The van der Waals surface area contributed by atoms with Gasteiger partial charge in [0.15, 0.2) is 11.5 Å². The van der Waals surface area contributed by atoms with E-state index in [1.54, 1.807) is 14.2 Å². The Hall–Kier alpha value is -2.10. The van der Waals surface area contributed by atoms with Crippen molar-refractivity contribution in [3.63, 3.8) is 0 Å². The highest BCUT2D eigenvalue weighted by molar-refractivity contribution is 5.60. The summed E-state index contributed by atoms with van der Waals surface area (Å²) < 4.78 is 12.9. The lowest BCUT2D eigenvalue weighted by Gasteiger charge is -2.15. The van der Waals surface area contributed by atoms with Gasteiger partial charge in [-0.25, -0.2) is 0 Å². The second kappa shape index (κ2) is 6.37. The van der Waals surface area contributed by atoms with Gasteiger partial charge < -0.3 is 19.4 Å². The first-order valence-corrected chi connectivity index (χ1v) is 6.80. The minimum atomic E-state index is 0.742. The summed E-state index contributed by atoms with van der Waals surface area (Å²) in [7, 11) is 3.30. The average Bonchev–Trinajstić information content (AvgIpc) is 2.93. The van der Waals surface area contributed by atoms with E-state index < -0.39 is 0 Å². The molecule has 0 radical (unpaired) electrons. The topological polar surface area (TPSA) is 35.4 Å². The molecular formula is C16H22N2O2. The molecule has 0 bridgehead atoms. The van der Waals surface area contributed by atoms with Gasteiger partial charge in [-0.15, -0.1) is 0 Å². The third kappa shape index (κ3) is 2.90. The first-order valence-electron chi connectivity index (χ1n) is 6.80. The summed E-state index contributed by atoms with van der Waals surface area (Å²) >= 11 is 0. The molecular weight excluding hydrogens is 252 g/mol. The highest BCUT2D eigenvalue weighted by atomic mass is 16.5. The van der Waals surface area contributed by atoms with Gasteiger partial charge in [-0.3, -0.25) is 0 Å². The van der Waals surface area contributed by atoms with Crippen molar-refractivity contribution in [1.82, 2.24) is 4.57 Å². The maximum atomic E-state index is 5.34. The van der Waals surface area contributed by atoms with Gasteiger partial charge in [0.2, 0.25) is 0 Å². The zero-order chi connectivity index (χ0) is 14.5. The molecule has 0 aliphatic carbocycles. The fourth-order valence-corrected chi connectivity index (χ4v) is 2.28. The van der Waals surface area contributed by atoms with Gasteiger partial charge >= 0.3 is 0 Å². The number of aryl methyl sites for hydroxylation is 2. The van der Waals surface area contributed by atoms with Gasteiger partial charge in [0.05, 0.1) is 20.8 Å². The summed E-state index contributed by atoms with van der Waals surface area (Å²) in [6.07, 6.45) is 2.10. The lowest BCUT2D eigenvalue weighted by molar-refractivity contribution is 0.355. The maximum Gasteiger partial charge on any atom is 0.162 e. The van der Waals surface area contributed by atoms with Crippen molar-refractivity contribution < 1.29 is 9.47 Å². The van der Waals surface area contributed by atoms with Gasteiger partial charge in [0.1, 0.15) is 0 Å². The van der Waals surface area contributed by atoms with Crippen molar-refractivity contribution >= 4 is 5.69 Å². The molecule has 0 aliphatic heterocycles. The van der Waals surface area contributed by atoms with Crippen molar-refractivity contribution in [2.75, 3.05) is 19.5 Å². The number of nitrogens with zero attached hydrogens (tertiary/aromatic N) is 1. The second-order valence-corrected chi connectivity index (χ2v) is 4.66. The quantitative estimate of drug-likeness (QED) is 0.876. The van der Waals surface area contributed by atoms with E-state index >= 15 is 0 Å². The van der Waals surface area contributed by atoms with E-state index in [0.29, 0.717) is 0 Å². The van der Waals surface area contributed by atoms with Crippen LogP contribution in [0.25, 0.3) is 0 Å². The first kappa shape index (κ1) is 14.3. The number of aromatic nitrogens is 1. The first-order chi connectivity index (χ1) is 9.69. The van der Waals surface area contributed by atoms with Crippen LogP contribution in [0.2, 0.25) is 0 Å². The second-order valence-electron chi connectivity index (χ2n) is 4.66. The largest absolute Gasteiger partial charge is 0.493 e. The highest BCUT2D eigenvalue weighted by Crippen LogP contribution is 2.33. The number of nitrogens with one attached hydrogen (secondary N) is 1. The van der Waals surface area contributed by atoms with Crippen LogP contribution in [0, 0.1) is 6.92 Å². The van der Waals surface area contributed by atoms with Crippen LogP contribution in [0.4, 0.5) is 5.69 Å². The standard InChI is InChI=1S/C16H22N2O2/c1-5-18-8-6-7-13(18)11-17-14-10-16(20-4)15(19-3)9-12(14)2/h6-10,17H,5,11H2,1-4H3. The van der Waals surface area contributed by atoms with Gasteiger partial charge in [-0.1, -0.05) is 0 Å². The van der Waals surface area contributed by atoms with E-state index in [0.717, 1.165) is 35.8 Å². The van der Waals surface area contributed by atoms with E-state index in [4.69, 9.17) is 9.47 Å². The van der Waals surface area contributed by atoms with Gasteiger partial charge in [-0.2, -0.15) is 0 Å². The van der Waals surface area contributed by atoms with Crippen LogP contribution >= 0.6 is 0 Å². The molecule has 4 nitrogen and oxygen atoms in total. The fraction of sp³-hybridized carbons (Fsp3) is 0.375. The number of methoxy groups -OCH3 is 2. The SMILES string of the molecule is CCn1cccc1CNc1cc(OC)c(OC)cc1C. The van der Waals surface area contributed by atoms with E-state index in [1.165, 1.54) is 5.69 Å². The molecule has 0 saturated carbocycles. The molecule has 0 amide bonds. The van der Waals surface area contributed by atoms with Crippen molar-refractivity contribution in [2.45, 2.75) is 26.9 Å². The monoisotopic (exact) mass is 274 g/mol. The van der Waals surface area contributed by atoms with Gasteiger partial charge in [0, 0.05) is 30.2 Å². The fourth-order valence-electron chi connectivity index (χ4n) is 2.28. The zero-order valence-corrected chi connectivity index (χ0v) is 12.6. The molecule has 1 N–H and O–H groups in total. The Bertz CT molecular complexity index is 576. The number of anilines is 1. The van der Waals surface area contributed by atoms with E-state index in [2.05, 4.69) is 42.1 Å². The smallest absolute Gasteiger partial charge is 0.162 e. The Kier molecular flexibility index (Phi) is 4.56. The molecule has 0 spiro atoms. The van der Waals surface area contributed by atoms with Crippen molar-refractivity contribution in [1.29, 1.82) is 0 Å². The van der Waals surface area contributed by atoms with E-state index in [9.17, 15) is 0 Å². The molecule has 1 aromatic heterocycles. The highest BCUT2D eigenvalue weighted by Gasteiger charge is 2.08. The molecule has 0 aliphatic rings. The molecule has 2 rings (SSSR count). The van der Waals surface area contributed by atoms with Crippen LogP contribution in [-0.4, -0.2) is 18.8 Å². The van der Waals surface area contributed by atoms with Crippen LogP contribution in [0.15, 0.2) is 30.5 Å². The minimum Gasteiger partial charge on any atom is -0.493 e. The van der Waals surface area contributed by atoms with E-state index in [1.807, 2.05) is 12.1 Å². The summed E-state index contributed by atoms with van der Waals surface area (Å²) in [5, 5.41) is 3.46. The Balaban J connectivity index is 2.17. The Morgan fingerprint density at radius 1 is 1.15 bits per heavy atom. The van der Waals surface area contributed by atoms with Crippen molar-refractivity contribution in [3.05, 3.63) is 41.7 Å². The molecule has 108 valence electrons. The molecule has 0 unspecified atom stereocenters. The van der Waals surface area contributed by atoms with Crippen LogP contribution < -0.4 is 14.8 Å². The van der Waals surface area contributed by atoms with Crippen LogP contribution in [0.3, 0.4) is 0 Å². The number of hydrogen-bond acceptors (Lipinski definition) is 3. The Morgan fingerprint density at radius 2 is 1.85 bits per heavy atom. The molecule has 20 heavy (non-hydrogen) atoms. The van der Waals surface area contributed by atoms with Crippen molar-refractivity contribution in [2.24, 2.45) is 0 Å². The molecule has 4 heteroatoms. The van der Waals surface area contributed by atoms with Crippen LogP contribution in [0.1, 0.15) is 18.2 Å². The third-order valence-electron chi connectivity index (χ3n) is 3.45. The van der Waals surface area contributed by atoms with Gasteiger partial charge in [0.25, 0.3) is 0 Å². The van der Waals surface area contributed by atoms with Crippen LogP contribution in [-0.2, 0) is 13.1 Å². The summed E-state index contributed by atoms with van der Waals surface area (Å²) in [4.78, 5) is 0. The average molecular weight is 274 g/mol. The number of rotatable bonds is 6. The molecule has 1 heterocycles. The molecule has 0 fully saturated rings. The normalized spacial score (nSPS) is 10.4. The predicted octanol–water partition coefficient (Wildman–Crippen LogP) is 3.45. The summed E-state index contributed by atoms with van der Waals surface area (Å²) in [6, 6.07) is 8.17. The molecule has 1 aromatic carbocycles. The van der Waals surface area contributed by atoms with Crippen molar-refractivity contribution in [3.8, 4) is 11.5 Å². The molecule has 2 aromatic rings. The summed E-state index contributed by atoms with van der Waals surface area (Å²) in [5.74, 6) is 1.50. The minimum absolute atomic E-state index is 0.742. The Labute approximate surface area is 120 Å².